The molecule has 16 heteroatoms. The maximum Gasteiger partial charge on any atom is 0.415 e. The van der Waals surface area contributed by atoms with Gasteiger partial charge in [0.2, 0.25) is 5.91 Å². The number of pyridine rings is 1. The van der Waals surface area contributed by atoms with Gasteiger partial charge >= 0.3 is 12.1 Å². The largest absolute Gasteiger partial charge is 0.480 e. The van der Waals surface area contributed by atoms with Gasteiger partial charge in [0, 0.05) is 58.6 Å². The summed E-state index contributed by atoms with van der Waals surface area (Å²) in [6.07, 6.45) is 4.40. The number of carbonyl (C=O) groups excluding carboxylic acids is 2. The van der Waals surface area contributed by atoms with Gasteiger partial charge in [0.05, 0.1) is 11.3 Å². The number of nitrogens with one attached hydrogen (secondary N) is 1. The molecule has 2 fully saturated rings. The zero-order valence-corrected chi connectivity index (χ0v) is 25.4. The van der Waals surface area contributed by atoms with E-state index < -0.39 is 40.1 Å². The number of hydrogen-bond donors (Lipinski definition) is 2. The lowest BCUT2D eigenvalue weighted by atomic mass is 10.0. The normalized spacial score (nSPS) is 18.2. The molecule has 44 heavy (non-hydrogen) atoms. The summed E-state index contributed by atoms with van der Waals surface area (Å²) in [5.74, 6) is -1.06. The number of nitrogens with zero attached hydrogens (tertiary/aromatic N) is 6. The molecule has 14 nitrogen and oxygen atoms in total. The zero-order chi connectivity index (χ0) is 31.4. The number of amides is 2. The lowest BCUT2D eigenvalue weighted by Gasteiger charge is -2.34. The van der Waals surface area contributed by atoms with Crippen LogP contribution in [0.4, 0.5) is 10.6 Å². The number of halogens is 1. The molecule has 2 atom stereocenters. The van der Waals surface area contributed by atoms with Crippen LogP contribution in [0, 0.1) is 0 Å². The Balaban J connectivity index is 1.18. The van der Waals surface area contributed by atoms with E-state index in [1.165, 1.54) is 29.2 Å². The molecule has 2 N–H and O–H groups in total. The third-order valence-electron chi connectivity index (χ3n) is 7.52. The lowest BCUT2D eigenvalue weighted by molar-refractivity contribution is -0.142. The lowest BCUT2D eigenvalue weighted by Crippen LogP contribution is -2.51. The summed E-state index contributed by atoms with van der Waals surface area (Å²) in [7, 11) is -2.41. The maximum atomic E-state index is 13.1. The predicted molar refractivity (Wildman–Crippen MR) is 159 cm³/mol. The molecule has 2 aliphatic rings. The molecule has 0 radical (unpaired) electrons. The van der Waals surface area contributed by atoms with Crippen molar-refractivity contribution in [2.24, 2.45) is 7.05 Å². The van der Waals surface area contributed by atoms with Crippen LogP contribution in [0.3, 0.4) is 0 Å². The van der Waals surface area contributed by atoms with Gasteiger partial charge in [-0.1, -0.05) is 23.7 Å². The number of benzene rings is 1. The van der Waals surface area contributed by atoms with Gasteiger partial charge in [-0.25, -0.2) is 28.0 Å². The van der Waals surface area contributed by atoms with Crippen molar-refractivity contribution < 1.29 is 32.6 Å². The highest BCUT2D eigenvalue weighted by atomic mass is 35.5. The highest BCUT2D eigenvalue weighted by Crippen LogP contribution is 2.28. The van der Waals surface area contributed by atoms with E-state index in [-0.39, 0.29) is 35.2 Å². The zero-order valence-electron chi connectivity index (χ0n) is 23.9. The molecule has 2 amide bonds. The smallest absolute Gasteiger partial charge is 0.415 e. The van der Waals surface area contributed by atoms with Crippen molar-refractivity contribution in [2.45, 2.75) is 36.4 Å². The average molecular weight is 646 g/mol. The summed E-state index contributed by atoms with van der Waals surface area (Å²) < 4.78 is 34.2. The second-order valence-electron chi connectivity index (χ2n) is 10.5. The molecule has 0 bridgehead atoms. The Labute approximate surface area is 259 Å². The molecule has 3 aromatic rings. The predicted octanol–water partition coefficient (Wildman–Crippen LogP) is 1.75. The maximum absolute atomic E-state index is 13.1. The molecular formula is C28H32ClN7O7S. The van der Waals surface area contributed by atoms with E-state index in [2.05, 4.69) is 20.2 Å². The first-order chi connectivity index (χ1) is 21.0. The number of carboxylic acids is 1. The minimum atomic E-state index is -4.05. The monoisotopic (exact) mass is 645 g/mol. The van der Waals surface area contributed by atoms with Crippen molar-refractivity contribution in [3.8, 4) is 5.75 Å². The number of aliphatic carboxylic acids is 1. The SMILES string of the molecule is Cn1cnc(S(=O)(=O)N2CCC[C@H]2C(=O)N[C@@H](Cc2ccc(OC(=O)N3CCN(c4ccccn4)CC3)c(Cl)c2)C(=O)O)c1. The van der Waals surface area contributed by atoms with Crippen LogP contribution in [-0.4, -0.2) is 100 Å². The summed E-state index contributed by atoms with van der Waals surface area (Å²) >= 11 is 6.39. The van der Waals surface area contributed by atoms with Crippen molar-refractivity contribution in [1.29, 1.82) is 0 Å². The number of aromatic nitrogens is 3. The molecule has 0 aliphatic carbocycles. The standard InChI is InChI=1S/C28H32ClN7O7S/c1-33-17-25(31-18-33)44(41,42)36-10-4-5-22(36)26(37)32-21(27(38)39)16-19-7-8-23(20(29)15-19)43-28(40)35-13-11-34(12-14-35)24-6-2-3-9-30-24/h2-3,6-9,15,17-18,21-22H,4-5,10-14,16H2,1H3,(H,32,37)(H,38,39)/t21-,22-/m0/s1. The topological polar surface area (TPSA) is 167 Å². The summed E-state index contributed by atoms with van der Waals surface area (Å²) in [5.41, 5.74) is 0.468. The highest BCUT2D eigenvalue weighted by Gasteiger charge is 2.41. The van der Waals surface area contributed by atoms with Gasteiger partial charge in [0.1, 0.15) is 17.9 Å². The van der Waals surface area contributed by atoms with Gasteiger partial charge in [-0.2, -0.15) is 4.31 Å². The Morgan fingerprint density at radius 2 is 1.89 bits per heavy atom. The summed E-state index contributed by atoms with van der Waals surface area (Å²) in [6, 6.07) is 7.73. The Hall–Kier alpha value is -4.21. The summed E-state index contributed by atoms with van der Waals surface area (Å²) in [6.45, 7) is 2.17. The fourth-order valence-corrected chi connectivity index (χ4v) is 7.07. The van der Waals surface area contributed by atoms with Gasteiger partial charge in [-0.3, -0.25) is 4.79 Å². The number of hydrogen-bond acceptors (Lipinski definition) is 9. The van der Waals surface area contributed by atoms with Gasteiger partial charge in [0.15, 0.2) is 10.8 Å². The molecule has 1 aromatic carbocycles. The third kappa shape index (κ3) is 6.95. The second-order valence-corrected chi connectivity index (χ2v) is 12.8. The molecule has 2 aromatic heterocycles. The van der Waals surface area contributed by atoms with Crippen LogP contribution >= 0.6 is 11.6 Å². The van der Waals surface area contributed by atoms with E-state index in [0.29, 0.717) is 38.2 Å². The minimum absolute atomic E-state index is 0.0989. The molecule has 0 spiro atoms. The number of carboxylic acid groups (broad SMARTS) is 1. The average Bonchev–Trinajstić information content (AvgIpc) is 3.69. The van der Waals surface area contributed by atoms with Crippen molar-refractivity contribution >= 4 is 45.4 Å². The highest BCUT2D eigenvalue weighted by molar-refractivity contribution is 7.89. The number of rotatable bonds is 9. The van der Waals surface area contributed by atoms with E-state index in [1.807, 2.05) is 18.2 Å². The quantitative estimate of drug-likeness (QED) is 0.350. The van der Waals surface area contributed by atoms with Crippen LogP contribution in [0.5, 0.6) is 5.75 Å². The molecule has 4 heterocycles. The van der Waals surface area contributed by atoms with Gasteiger partial charge < -0.3 is 29.5 Å². The fourth-order valence-electron chi connectivity index (χ4n) is 5.21. The number of ether oxygens (including phenoxy) is 1. The van der Waals surface area contributed by atoms with E-state index in [1.54, 1.807) is 24.2 Å². The van der Waals surface area contributed by atoms with Crippen LogP contribution in [0.25, 0.3) is 0 Å². The number of aryl methyl sites for hydroxylation is 1. The van der Waals surface area contributed by atoms with E-state index >= 15 is 0 Å². The van der Waals surface area contributed by atoms with Crippen LogP contribution in [0.1, 0.15) is 18.4 Å². The first kappa shape index (κ1) is 31.2. The third-order valence-corrected chi connectivity index (χ3v) is 9.61. The van der Waals surface area contributed by atoms with E-state index in [0.717, 1.165) is 10.1 Å². The number of piperazine rings is 1. The fraction of sp³-hybridized carbons (Fsp3) is 0.393. The van der Waals surface area contributed by atoms with Gasteiger partial charge in [-0.15, -0.1) is 0 Å². The van der Waals surface area contributed by atoms with Crippen molar-refractivity contribution in [1.82, 2.24) is 29.1 Å². The second kappa shape index (κ2) is 13.2. The van der Waals surface area contributed by atoms with E-state index in [9.17, 15) is 27.9 Å². The molecule has 0 unspecified atom stereocenters. The number of imidazole rings is 1. The van der Waals surface area contributed by atoms with Crippen LogP contribution in [-0.2, 0) is 33.1 Å². The van der Waals surface area contributed by atoms with Gasteiger partial charge in [0.25, 0.3) is 10.0 Å². The summed E-state index contributed by atoms with van der Waals surface area (Å²) in [5, 5.41) is 12.2. The molecular weight excluding hydrogens is 614 g/mol. The Kier molecular flexibility index (Phi) is 9.36. The number of anilines is 1. The van der Waals surface area contributed by atoms with Crippen LogP contribution in [0.2, 0.25) is 5.02 Å². The van der Waals surface area contributed by atoms with Crippen molar-refractivity contribution in [3.63, 3.8) is 0 Å². The molecule has 2 aliphatic heterocycles. The Bertz CT molecular complexity index is 1630. The van der Waals surface area contributed by atoms with Crippen molar-refractivity contribution in [3.05, 3.63) is 65.7 Å². The Morgan fingerprint density at radius 1 is 1.11 bits per heavy atom. The van der Waals surface area contributed by atoms with Crippen LogP contribution in [0.15, 0.2) is 60.1 Å². The molecule has 234 valence electrons. The molecule has 2 saturated heterocycles. The molecule has 5 rings (SSSR count). The number of carbonyl (C=O) groups is 3. The first-order valence-electron chi connectivity index (χ1n) is 14.0. The Morgan fingerprint density at radius 3 is 2.52 bits per heavy atom. The van der Waals surface area contributed by atoms with Crippen LogP contribution < -0.4 is 15.0 Å². The molecule has 0 saturated carbocycles. The van der Waals surface area contributed by atoms with Gasteiger partial charge in [-0.05, 0) is 42.7 Å². The number of sulfonamides is 1. The first-order valence-corrected chi connectivity index (χ1v) is 15.8. The van der Waals surface area contributed by atoms with Crippen molar-refractivity contribution in [2.75, 3.05) is 37.6 Å². The van der Waals surface area contributed by atoms with E-state index in [4.69, 9.17) is 16.3 Å². The minimum Gasteiger partial charge on any atom is -0.480 e. The summed E-state index contributed by atoms with van der Waals surface area (Å²) in [4.78, 5) is 49.9.